The van der Waals surface area contributed by atoms with Crippen LogP contribution in [0.3, 0.4) is 0 Å². The van der Waals surface area contributed by atoms with Gasteiger partial charge in [-0.05, 0) is 37.1 Å². The number of pyridine rings is 1. The van der Waals surface area contributed by atoms with E-state index in [2.05, 4.69) is 15.6 Å². The van der Waals surface area contributed by atoms with Gasteiger partial charge in [-0.3, -0.25) is 18.9 Å². The number of hydrogen-bond acceptors (Lipinski definition) is 6. The van der Waals surface area contributed by atoms with Crippen LogP contribution >= 0.6 is 0 Å². The lowest BCUT2D eigenvalue weighted by Gasteiger charge is -2.29. The third-order valence-electron chi connectivity index (χ3n) is 4.42. The number of carbonyl (C=O) groups excluding carboxylic acids is 2. The van der Waals surface area contributed by atoms with Crippen LogP contribution in [0.25, 0.3) is 0 Å². The Morgan fingerprint density at radius 1 is 1.17 bits per heavy atom. The highest BCUT2D eigenvalue weighted by atomic mass is 32.2. The van der Waals surface area contributed by atoms with Gasteiger partial charge in [-0.15, -0.1) is 0 Å². The number of anilines is 2. The quantitative estimate of drug-likeness (QED) is 0.706. The van der Waals surface area contributed by atoms with Crippen molar-refractivity contribution in [2.75, 3.05) is 29.0 Å². The number of benzene rings is 1. The Labute approximate surface area is 169 Å². The number of sulfonamides is 1. The number of aromatic nitrogens is 1. The predicted octanol–water partition coefficient (Wildman–Crippen LogP) is 1.28. The Balaban J connectivity index is 1.68. The molecule has 0 unspecified atom stereocenters. The summed E-state index contributed by atoms with van der Waals surface area (Å²) < 4.78 is 31.3. The van der Waals surface area contributed by atoms with E-state index in [1.165, 1.54) is 23.5 Å². The summed E-state index contributed by atoms with van der Waals surface area (Å²) in [5.41, 5.74) is 1.35. The lowest BCUT2D eigenvalue weighted by molar-refractivity contribution is -0.136. The van der Waals surface area contributed by atoms with E-state index in [1.54, 1.807) is 30.5 Å². The maximum absolute atomic E-state index is 12.3. The largest absolute Gasteiger partial charge is 0.494 e. The summed E-state index contributed by atoms with van der Waals surface area (Å²) in [6, 6.07) is 9.85. The van der Waals surface area contributed by atoms with E-state index in [9.17, 15) is 18.0 Å². The third-order valence-corrected chi connectivity index (χ3v) is 6.27. The summed E-state index contributed by atoms with van der Waals surface area (Å²) in [5, 5.41) is 4.97. The lowest BCUT2D eigenvalue weighted by atomic mass is 10.2. The van der Waals surface area contributed by atoms with Gasteiger partial charge in [-0.25, -0.2) is 8.42 Å². The molecule has 1 fully saturated rings. The van der Waals surface area contributed by atoms with Crippen molar-refractivity contribution >= 4 is 33.2 Å². The molecule has 0 saturated carbocycles. The molecule has 9 nitrogen and oxygen atoms in total. The van der Waals surface area contributed by atoms with Crippen molar-refractivity contribution in [2.24, 2.45) is 0 Å². The molecule has 1 saturated heterocycles. The van der Waals surface area contributed by atoms with Crippen molar-refractivity contribution in [3.05, 3.63) is 48.3 Å². The molecule has 3 rings (SSSR count). The van der Waals surface area contributed by atoms with Crippen LogP contribution in [0.15, 0.2) is 42.6 Å². The SMILES string of the molecule is COc1cc(NC(=O)C(=O)NCc2ccccn2)ccc1N1CCCCS1(=O)=O. The Hall–Kier alpha value is -3.14. The van der Waals surface area contributed by atoms with Gasteiger partial charge in [0.1, 0.15) is 5.75 Å². The maximum Gasteiger partial charge on any atom is 0.313 e. The van der Waals surface area contributed by atoms with E-state index in [-0.39, 0.29) is 12.3 Å². The molecule has 29 heavy (non-hydrogen) atoms. The molecule has 1 aromatic carbocycles. The average molecular weight is 418 g/mol. The highest BCUT2D eigenvalue weighted by Crippen LogP contribution is 2.34. The summed E-state index contributed by atoms with van der Waals surface area (Å²) in [7, 11) is -1.98. The molecule has 154 valence electrons. The molecule has 1 aromatic heterocycles. The Kier molecular flexibility index (Phi) is 6.32. The first-order valence-electron chi connectivity index (χ1n) is 9.08. The molecule has 0 aliphatic carbocycles. The van der Waals surface area contributed by atoms with Crippen LogP contribution < -0.4 is 19.7 Å². The molecule has 1 aliphatic rings. The zero-order valence-corrected chi connectivity index (χ0v) is 16.7. The number of hydrogen-bond donors (Lipinski definition) is 2. The number of carbonyl (C=O) groups is 2. The average Bonchev–Trinajstić information content (AvgIpc) is 2.72. The number of nitrogens with one attached hydrogen (secondary N) is 2. The van der Waals surface area contributed by atoms with E-state index < -0.39 is 21.8 Å². The van der Waals surface area contributed by atoms with Gasteiger partial charge in [0.15, 0.2) is 0 Å². The van der Waals surface area contributed by atoms with Gasteiger partial charge < -0.3 is 15.4 Å². The molecular formula is C19H22N4O5S. The summed E-state index contributed by atoms with van der Waals surface area (Å²) in [4.78, 5) is 28.2. The fraction of sp³-hybridized carbons (Fsp3) is 0.316. The lowest BCUT2D eigenvalue weighted by Crippen LogP contribution is -2.38. The van der Waals surface area contributed by atoms with Crippen molar-refractivity contribution in [3.8, 4) is 5.75 Å². The smallest absolute Gasteiger partial charge is 0.313 e. The Morgan fingerprint density at radius 3 is 2.69 bits per heavy atom. The molecule has 2 heterocycles. The molecular weight excluding hydrogens is 396 g/mol. The second-order valence-corrected chi connectivity index (χ2v) is 8.45. The van der Waals surface area contributed by atoms with Crippen LogP contribution in [-0.4, -0.2) is 44.6 Å². The van der Waals surface area contributed by atoms with Crippen molar-refractivity contribution in [3.63, 3.8) is 0 Å². The van der Waals surface area contributed by atoms with E-state index in [0.29, 0.717) is 35.8 Å². The summed E-state index contributed by atoms with van der Waals surface area (Å²) in [5.74, 6) is -1.27. The Morgan fingerprint density at radius 2 is 2.00 bits per heavy atom. The second kappa shape index (κ2) is 8.91. The summed E-state index contributed by atoms with van der Waals surface area (Å²) in [6.07, 6.45) is 2.98. The minimum Gasteiger partial charge on any atom is -0.494 e. The maximum atomic E-state index is 12.3. The normalized spacial score (nSPS) is 15.4. The van der Waals surface area contributed by atoms with Crippen LogP contribution in [-0.2, 0) is 26.2 Å². The van der Waals surface area contributed by atoms with Crippen LogP contribution in [0.1, 0.15) is 18.5 Å². The first kappa shape index (κ1) is 20.6. The van der Waals surface area contributed by atoms with Crippen LogP contribution in [0.5, 0.6) is 5.75 Å². The van der Waals surface area contributed by atoms with Gasteiger partial charge in [0.25, 0.3) is 0 Å². The van der Waals surface area contributed by atoms with E-state index in [0.717, 1.165) is 6.42 Å². The van der Waals surface area contributed by atoms with E-state index in [1.807, 2.05) is 0 Å². The predicted molar refractivity (Wildman–Crippen MR) is 108 cm³/mol. The number of ether oxygens (including phenoxy) is 1. The molecule has 0 atom stereocenters. The zero-order valence-electron chi connectivity index (χ0n) is 15.9. The molecule has 0 bridgehead atoms. The van der Waals surface area contributed by atoms with E-state index >= 15 is 0 Å². The van der Waals surface area contributed by atoms with Crippen molar-refractivity contribution in [2.45, 2.75) is 19.4 Å². The van der Waals surface area contributed by atoms with Gasteiger partial charge >= 0.3 is 11.8 Å². The number of amides is 2. The topological polar surface area (TPSA) is 118 Å². The molecule has 2 amide bonds. The number of rotatable bonds is 5. The van der Waals surface area contributed by atoms with Crippen LogP contribution in [0.4, 0.5) is 11.4 Å². The van der Waals surface area contributed by atoms with Crippen LogP contribution in [0, 0.1) is 0 Å². The second-order valence-electron chi connectivity index (χ2n) is 6.44. The fourth-order valence-corrected chi connectivity index (χ4v) is 4.61. The first-order valence-corrected chi connectivity index (χ1v) is 10.7. The minimum absolute atomic E-state index is 0.0884. The highest BCUT2D eigenvalue weighted by molar-refractivity contribution is 7.92. The molecule has 0 radical (unpaired) electrons. The van der Waals surface area contributed by atoms with Gasteiger partial charge in [-0.1, -0.05) is 6.07 Å². The van der Waals surface area contributed by atoms with Crippen molar-refractivity contribution in [1.29, 1.82) is 0 Å². The van der Waals surface area contributed by atoms with E-state index in [4.69, 9.17) is 4.74 Å². The van der Waals surface area contributed by atoms with Gasteiger partial charge in [0.05, 0.1) is 30.8 Å². The molecule has 2 N–H and O–H groups in total. The standard InChI is InChI=1S/C19H22N4O5S/c1-28-17-12-14(7-8-16(17)23-10-4-5-11-29(23,26)27)22-19(25)18(24)21-13-15-6-2-3-9-20-15/h2-3,6-9,12H,4-5,10-11,13H2,1H3,(H,21,24)(H,22,25). The molecule has 2 aromatic rings. The first-order chi connectivity index (χ1) is 13.9. The van der Waals surface area contributed by atoms with Crippen LogP contribution in [0.2, 0.25) is 0 Å². The van der Waals surface area contributed by atoms with Crippen molar-refractivity contribution in [1.82, 2.24) is 10.3 Å². The monoisotopic (exact) mass is 418 g/mol. The zero-order chi connectivity index (χ0) is 20.9. The van der Waals surface area contributed by atoms with Gasteiger partial charge in [-0.2, -0.15) is 0 Å². The minimum atomic E-state index is -3.40. The number of methoxy groups -OCH3 is 1. The summed E-state index contributed by atoms with van der Waals surface area (Å²) in [6.45, 7) is 0.502. The molecule has 1 aliphatic heterocycles. The molecule has 0 spiro atoms. The fourth-order valence-electron chi connectivity index (χ4n) is 2.96. The van der Waals surface area contributed by atoms with Crippen molar-refractivity contribution < 1.29 is 22.7 Å². The van der Waals surface area contributed by atoms with Gasteiger partial charge in [0, 0.05) is 24.5 Å². The highest BCUT2D eigenvalue weighted by Gasteiger charge is 2.28. The number of nitrogens with zero attached hydrogens (tertiary/aromatic N) is 2. The summed E-state index contributed by atoms with van der Waals surface area (Å²) >= 11 is 0. The van der Waals surface area contributed by atoms with Gasteiger partial charge in [0.2, 0.25) is 10.0 Å². The Bertz CT molecular complexity index is 995. The third kappa shape index (κ3) is 5.02. The molecule has 10 heteroatoms.